The predicted molar refractivity (Wildman–Crippen MR) is 201 cm³/mol. The molecule has 0 saturated heterocycles. The summed E-state index contributed by atoms with van der Waals surface area (Å²) in [6.07, 6.45) is 12.8. The van der Waals surface area contributed by atoms with Crippen molar-refractivity contribution in [3.05, 3.63) is 106 Å². The molecule has 4 fully saturated rings. The standard InChI is InChI=1S/C38H47.C8H8.2ClH.Zr/c1-22-11-33(38-19-24-12-25(20-38)14-26(13-24)21-38)23(2)35(22)32-18-31-28(17-34(32)37(6,7)8)15-27-16-29(36(3,4)5)9-10-30(27)31;1-2-8-6-4-3-5-7-8;;;/h9-11,15-18,22,24-26H,12-14,19-21H2,1-8H3;1,3-7H,2H2;2*1H;/q-1;;;;+2/p-2. The van der Waals surface area contributed by atoms with Crippen LogP contribution in [-0.2, 0) is 41.5 Å². The average molecular weight is 770 g/mol. The summed E-state index contributed by atoms with van der Waals surface area (Å²) in [7, 11) is 0. The molecule has 0 amide bonds. The maximum atomic E-state index is 2.72. The monoisotopic (exact) mass is 767 g/mol. The summed E-state index contributed by atoms with van der Waals surface area (Å²) in [5, 5.41) is 5.63. The molecule has 258 valence electrons. The SMILES string of the molecule is CC1=C(c2cc3c(cc2C(C)(C)C)[cH-]c2cc(C(C)(C)C)ccc23)C(C)C=C1C12CC3CC(CC(C3)C1)C2.[Cl-].[Cl-].[Zr+2]=[CH]Cc1ccccc1. The Morgan fingerprint density at radius 3 is 1.92 bits per heavy atom. The molecule has 4 aromatic carbocycles. The van der Waals surface area contributed by atoms with E-state index in [2.05, 4.69) is 126 Å². The molecule has 5 aliphatic rings. The van der Waals surface area contributed by atoms with Crippen molar-refractivity contribution in [1.29, 1.82) is 0 Å². The molecule has 0 heterocycles. The zero-order chi connectivity index (χ0) is 33.3. The van der Waals surface area contributed by atoms with E-state index in [4.69, 9.17) is 0 Å². The van der Waals surface area contributed by atoms with Gasteiger partial charge in [-0.2, -0.15) is 0 Å². The molecule has 4 aromatic rings. The summed E-state index contributed by atoms with van der Waals surface area (Å²) in [6.45, 7) is 19.1. The summed E-state index contributed by atoms with van der Waals surface area (Å²) in [4.78, 5) is 0. The third-order valence-electron chi connectivity index (χ3n) is 12.3. The molecule has 0 radical (unpaired) electrons. The summed E-state index contributed by atoms with van der Waals surface area (Å²) < 4.78 is 2.25. The van der Waals surface area contributed by atoms with Gasteiger partial charge in [-0.3, -0.25) is 0 Å². The van der Waals surface area contributed by atoms with E-state index in [9.17, 15) is 0 Å². The Morgan fingerprint density at radius 1 is 0.776 bits per heavy atom. The number of hydrogen-bond acceptors (Lipinski definition) is 0. The molecule has 4 saturated carbocycles. The van der Waals surface area contributed by atoms with Crippen LogP contribution >= 0.6 is 0 Å². The van der Waals surface area contributed by atoms with Crippen LogP contribution in [0.4, 0.5) is 0 Å². The molecule has 3 heteroatoms. The van der Waals surface area contributed by atoms with E-state index in [0.29, 0.717) is 11.3 Å². The van der Waals surface area contributed by atoms with Crippen molar-refractivity contribution < 1.29 is 49.0 Å². The van der Waals surface area contributed by atoms with Crippen molar-refractivity contribution in [3.63, 3.8) is 0 Å². The molecule has 9 rings (SSSR count). The van der Waals surface area contributed by atoms with Crippen LogP contribution in [0.25, 0.3) is 27.1 Å². The molecule has 0 aromatic heterocycles. The third kappa shape index (κ3) is 7.35. The van der Waals surface area contributed by atoms with E-state index >= 15 is 0 Å². The van der Waals surface area contributed by atoms with Gasteiger partial charge in [0.2, 0.25) is 0 Å². The number of rotatable bonds is 4. The fourth-order valence-electron chi connectivity index (χ4n) is 10.5. The van der Waals surface area contributed by atoms with Gasteiger partial charge < -0.3 is 24.8 Å². The number of fused-ring (bicyclic) bond motifs is 3. The fourth-order valence-corrected chi connectivity index (χ4v) is 11.1. The van der Waals surface area contributed by atoms with Crippen LogP contribution in [0.15, 0.2) is 84.0 Å². The number of benzene rings is 3. The van der Waals surface area contributed by atoms with Crippen molar-refractivity contribution in [2.24, 2.45) is 29.1 Å². The molecular weight excluding hydrogens is 715 g/mol. The van der Waals surface area contributed by atoms with Crippen LogP contribution in [0.2, 0.25) is 0 Å². The van der Waals surface area contributed by atoms with Gasteiger partial charge in [0, 0.05) is 5.92 Å². The molecule has 1 atom stereocenters. The molecule has 5 aliphatic carbocycles. The van der Waals surface area contributed by atoms with Gasteiger partial charge in [0.15, 0.2) is 0 Å². The van der Waals surface area contributed by atoms with Crippen LogP contribution in [0.5, 0.6) is 0 Å². The van der Waals surface area contributed by atoms with E-state index in [0.717, 1.165) is 24.2 Å². The van der Waals surface area contributed by atoms with Gasteiger partial charge in [0.1, 0.15) is 0 Å². The van der Waals surface area contributed by atoms with E-state index in [1.165, 1.54) is 107 Å². The molecule has 0 spiro atoms. The molecule has 0 N–H and O–H groups in total. The molecule has 0 aliphatic heterocycles. The number of hydrogen-bond donors (Lipinski definition) is 0. The van der Waals surface area contributed by atoms with E-state index in [1.807, 2.05) is 6.07 Å². The van der Waals surface area contributed by atoms with Gasteiger partial charge >= 0.3 is 70.3 Å². The predicted octanol–water partition coefficient (Wildman–Crippen LogP) is 6.46. The van der Waals surface area contributed by atoms with E-state index in [1.54, 1.807) is 16.7 Å². The van der Waals surface area contributed by atoms with Crippen molar-refractivity contribution in [2.75, 3.05) is 0 Å². The number of halogens is 2. The zero-order valence-corrected chi connectivity index (χ0v) is 35.0. The first-order valence-electron chi connectivity index (χ1n) is 18.4. The van der Waals surface area contributed by atoms with E-state index in [-0.39, 0.29) is 35.6 Å². The van der Waals surface area contributed by atoms with Gasteiger partial charge in [0.25, 0.3) is 0 Å². The molecule has 0 nitrogen and oxygen atoms in total. The van der Waals surface area contributed by atoms with Crippen molar-refractivity contribution >= 4 is 30.8 Å². The Bertz CT molecular complexity index is 1850. The van der Waals surface area contributed by atoms with Crippen molar-refractivity contribution in [3.8, 4) is 0 Å². The first-order chi connectivity index (χ1) is 22.3. The van der Waals surface area contributed by atoms with E-state index < -0.39 is 0 Å². The van der Waals surface area contributed by atoms with Gasteiger partial charge in [-0.15, -0.1) is 39.7 Å². The summed E-state index contributed by atoms with van der Waals surface area (Å²) in [5.74, 6) is 3.46. The van der Waals surface area contributed by atoms with Crippen molar-refractivity contribution in [2.45, 2.75) is 111 Å². The third-order valence-corrected chi connectivity index (χ3v) is 12.8. The second kappa shape index (κ2) is 14.4. The second-order valence-electron chi connectivity index (χ2n) is 17.9. The zero-order valence-electron chi connectivity index (χ0n) is 31.0. The minimum atomic E-state index is 0. The topological polar surface area (TPSA) is 0 Å². The fraction of sp³-hybridized carbons (Fsp3) is 0.478. The van der Waals surface area contributed by atoms with Crippen LogP contribution in [-0.4, -0.2) is 3.71 Å². The molecule has 49 heavy (non-hydrogen) atoms. The Kier molecular flexibility index (Phi) is 11.3. The second-order valence-corrected chi connectivity index (χ2v) is 18.9. The van der Waals surface area contributed by atoms with Crippen LogP contribution in [0.3, 0.4) is 0 Å². The Balaban J connectivity index is 0.000000373. The summed E-state index contributed by atoms with van der Waals surface area (Å²) >= 11 is 1.51. The minimum absolute atomic E-state index is 0. The quantitative estimate of drug-likeness (QED) is 0.209. The van der Waals surface area contributed by atoms with Crippen molar-refractivity contribution in [1.82, 2.24) is 0 Å². The maximum absolute atomic E-state index is 2.72. The number of allylic oxidation sites excluding steroid dienone is 4. The van der Waals surface area contributed by atoms with Crippen LogP contribution in [0, 0.1) is 29.1 Å². The normalized spacial score (nSPS) is 25.9. The first-order valence-corrected chi connectivity index (χ1v) is 19.8. The average Bonchev–Trinajstić information content (AvgIpc) is 3.51. The Labute approximate surface area is 324 Å². The Hall–Kier alpha value is -1.66. The van der Waals surface area contributed by atoms with Gasteiger partial charge in [-0.05, 0) is 102 Å². The Morgan fingerprint density at radius 2 is 1.37 bits per heavy atom. The van der Waals surface area contributed by atoms with Gasteiger partial charge in [-0.1, -0.05) is 83.9 Å². The van der Waals surface area contributed by atoms with Gasteiger partial charge in [0.05, 0.1) is 0 Å². The molecule has 1 unspecified atom stereocenters. The summed E-state index contributed by atoms with van der Waals surface area (Å²) in [6, 6.07) is 25.2. The van der Waals surface area contributed by atoms with Gasteiger partial charge in [-0.25, -0.2) is 0 Å². The molecule has 4 bridgehead atoms. The summed E-state index contributed by atoms with van der Waals surface area (Å²) in [5.41, 5.74) is 11.6. The van der Waals surface area contributed by atoms with Crippen LogP contribution < -0.4 is 24.8 Å². The molecular formula is C46H55Cl2Zr-. The van der Waals surface area contributed by atoms with Crippen LogP contribution in [0.1, 0.15) is 116 Å². The first kappa shape index (κ1) is 38.6.